The Bertz CT molecular complexity index is 1670. The number of aromatic nitrogens is 5. The predicted octanol–water partition coefficient (Wildman–Crippen LogP) is 3.13. The summed E-state index contributed by atoms with van der Waals surface area (Å²) in [5.41, 5.74) is 0.719. The fraction of sp³-hybridized carbons (Fsp3) is 0.115. The highest BCUT2D eigenvalue weighted by Gasteiger charge is 2.18. The van der Waals surface area contributed by atoms with Crippen molar-refractivity contribution in [2.24, 2.45) is 0 Å². The van der Waals surface area contributed by atoms with Crippen molar-refractivity contribution in [2.75, 3.05) is 18.2 Å². The monoisotopic (exact) mass is 514 g/mol. The third-order valence-electron chi connectivity index (χ3n) is 5.57. The van der Waals surface area contributed by atoms with Crippen LogP contribution in [0.2, 0.25) is 0 Å². The number of ether oxygens (including phenoxy) is 1. The van der Waals surface area contributed by atoms with Crippen LogP contribution < -0.4 is 21.3 Å². The Morgan fingerprint density at radius 2 is 1.81 bits per heavy atom. The van der Waals surface area contributed by atoms with Crippen LogP contribution in [-0.4, -0.2) is 43.5 Å². The quantitative estimate of drug-likeness (QED) is 0.271. The fourth-order valence-electron chi connectivity index (χ4n) is 3.95. The molecule has 3 N–H and O–H groups in total. The number of hydrogen-bond acceptors (Lipinski definition) is 7. The van der Waals surface area contributed by atoms with Crippen LogP contribution in [0.4, 0.5) is 5.69 Å². The minimum Gasteiger partial charge on any atom is -0.497 e. The lowest BCUT2D eigenvalue weighted by Gasteiger charge is -2.12. The maximum Gasteiger partial charge on any atom is 0.325 e. The normalized spacial score (nSPS) is 10.9. The van der Waals surface area contributed by atoms with Crippen LogP contribution in [0.25, 0.3) is 16.5 Å². The van der Waals surface area contributed by atoms with Gasteiger partial charge < -0.3 is 15.0 Å². The molecule has 11 heteroatoms. The Balaban J connectivity index is 1.42. The third kappa shape index (κ3) is 5.46. The molecule has 1 amide bonds. The van der Waals surface area contributed by atoms with Gasteiger partial charge in [-0.05, 0) is 23.6 Å². The van der Waals surface area contributed by atoms with E-state index in [0.29, 0.717) is 28.1 Å². The summed E-state index contributed by atoms with van der Waals surface area (Å²) in [4.78, 5) is 41.1. The van der Waals surface area contributed by atoms with Gasteiger partial charge in [-0.25, -0.2) is 4.79 Å². The van der Waals surface area contributed by atoms with Gasteiger partial charge in [-0.2, -0.15) is 0 Å². The van der Waals surface area contributed by atoms with Crippen molar-refractivity contribution >= 4 is 34.1 Å². The number of rotatable bonds is 8. The molecule has 5 rings (SSSR count). The number of carbonyl (C=O) groups excluding carboxylic acids is 1. The summed E-state index contributed by atoms with van der Waals surface area (Å²) in [6, 6.07) is 22.2. The van der Waals surface area contributed by atoms with E-state index < -0.39 is 11.2 Å². The summed E-state index contributed by atoms with van der Waals surface area (Å²) in [6.45, 7) is 0. The van der Waals surface area contributed by atoms with Crippen LogP contribution in [0, 0.1) is 0 Å². The Morgan fingerprint density at radius 3 is 2.65 bits per heavy atom. The van der Waals surface area contributed by atoms with Crippen LogP contribution >= 0.6 is 11.8 Å². The van der Waals surface area contributed by atoms with Crippen LogP contribution in [0.1, 0.15) is 11.5 Å². The maximum atomic E-state index is 12.9. The molecule has 0 fully saturated rings. The summed E-state index contributed by atoms with van der Waals surface area (Å²) in [6.07, 6.45) is 0.145. The molecule has 0 atom stereocenters. The summed E-state index contributed by atoms with van der Waals surface area (Å²) in [7, 11) is 1.57. The molecule has 37 heavy (non-hydrogen) atoms. The van der Waals surface area contributed by atoms with Gasteiger partial charge >= 0.3 is 5.69 Å². The summed E-state index contributed by atoms with van der Waals surface area (Å²) in [5, 5.41) is 14.0. The van der Waals surface area contributed by atoms with E-state index in [1.165, 1.54) is 17.8 Å². The number of anilines is 1. The molecule has 0 unspecified atom stereocenters. The number of fused-ring (bicyclic) bond motifs is 1. The molecular weight excluding hydrogens is 492 g/mol. The van der Waals surface area contributed by atoms with Gasteiger partial charge in [0.2, 0.25) is 5.91 Å². The minimum atomic E-state index is -0.602. The smallest absolute Gasteiger partial charge is 0.325 e. The summed E-state index contributed by atoms with van der Waals surface area (Å²) in [5.74, 6) is 1.01. The molecule has 0 spiro atoms. The van der Waals surface area contributed by atoms with Crippen LogP contribution in [-0.2, 0) is 11.2 Å². The van der Waals surface area contributed by atoms with E-state index in [0.717, 1.165) is 16.5 Å². The maximum absolute atomic E-state index is 12.9. The Hall–Kier alpha value is -4.64. The first-order chi connectivity index (χ1) is 18.0. The van der Waals surface area contributed by atoms with Gasteiger partial charge in [0.15, 0.2) is 5.16 Å². The largest absolute Gasteiger partial charge is 0.497 e. The molecule has 5 aromatic rings. The average molecular weight is 515 g/mol. The van der Waals surface area contributed by atoms with Crippen LogP contribution in [0.15, 0.2) is 87.5 Å². The van der Waals surface area contributed by atoms with Gasteiger partial charge in [0, 0.05) is 35.3 Å². The zero-order valence-corrected chi connectivity index (χ0v) is 20.5. The molecule has 0 aliphatic rings. The number of amides is 1. The molecule has 0 radical (unpaired) electrons. The molecule has 2 heterocycles. The van der Waals surface area contributed by atoms with E-state index in [9.17, 15) is 14.4 Å². The molecule has 0 aliphatic carbocycles. The highest BCUT2D eigenvalue weighted by Crippen LogP contribution is 2.27. The molecule has 3 aromatic carbocycles. The number of aromatic amines is 2. The third-order valence-corrected chi connectivity index (χ3v) is 6.50. The number of hydrogen-bond donors (Lipinski definition) is 3. The molecule has 0 bridgehead atoms. The second kappa shape index (κ2) is 10.5. The lowest BCUT2D eigenvalue weighted by molar-refractivity contribution is -0.113. The van der Waals surface area contributed by atoms with Crippen molar-refractivity contribution in [1.82, 2.24) is 24.7 Å². The van der Waals surface area contributed by atoms with E-state index in [2.05, 4.69) is 25.5 Å². The Morgan fingerprint density at radius 1 is 1.00 bits per heavy atom. The molecule has 2 aromatic heterocycles. The topological polar surface area (TPSA) is 135 Å². The highest BCUT2D eigenvalue weighted by atomic mass is 32.2. The van der Waals surface area contributed by atoms with Crippen molar-refractivity contribution in [3.63, 3.8) is 0 Å². The highest BCUT2D eigenvalue weighted by molar-refractivity contribution is 7.99. The lowest BCUT2D eigenvalue weighted by atomic mass is 10.1. The second-order valence-corrected chi connectivity index (χ2v) is 9.03. The predicted molar refractivity (Wildman–Crippen MR) is 142 cm³/mol. The van der Waals surface area contributed by atoms with Crippen LogP contribution in [0.3, 0.4) is 0 Å². The number of nitrogens with zero attached hydrogens (tertiary/aromatic N) is 3. The van der Waals surface area contributed by atoms with E-state index in [-0.39, 0.29) is 18.1 Å². The first-order valence-electron chi connectivity index (χ1n) is 11.3. The van der Waals surface area contributed by atoms with Gasteiger partial charge in [0.1, 0.15) is 11.6 Å². The lowest BCUT2D eigenvalue weighted by Crippen LogP contribution is -2.23. The van der Waals surface area contributed by atoms with E-state index >= 15 is 0 Å². The SMILES string of the molecule is COc1cccc(-n2c(Cc3cc(=O)[nH]c(=O)[nH]3)nnc2SCC(=O)Nc2cccc3ccccc23)c1. The number of carbonyl (C=O) groups is 1. The number of benzene rings is 3. The molecule has 10 nitrogen and oxygen atoms in total. The van der Waals surface area contributed by atoms with Crippen molar-refractivity contribution in [1.29, 1.82) is 0 Å². The van der Waals surface area contributed by atoms with Gasteiger partial charge in [-0.15, -0.1) is 10.2 Å². The zero-order chi connectivity index (χ0) is 25.8. The molecule has 186 valence electrons. The fourth-order valence-corrected chi connectivity index (χ4v) is 4.72. The Kier molecular flexibility index (Phi) is 6.86. The summed E-state index contributed by atoms with van der Waals surface area (Å²) < 4.78 is 7.14. The first kappa shape index (κ1) is 24.1. The minimum absolute atomic E-state index is 0.0904. The zero-order valence-electron chi connectivity index (χ0n) is 19.7. The van der Waals surface area contributed by atoms with Crippen molar-refractivity contribution in [3.05, 3.63) is 105 Å². The van der Waals surface area contributed by atoms with Crippen molar-refractivity contribution in [2.45, 2.75) is 11.6 Å². The number of thioether (sulfide) groups is 1. The molecule has 0 saturated carbocycles. The molecule has 0 saturated heterocycles. The van der Waals surface area contributed by atoms with E-state index in [4.69, 9.17) is 4.74 Å². The van der Waals surface area contributed by atoms with Crippen LogP contribution in [0.5, 0.6) is 5.75 Å². The van der Waals surface area contributed by atoms with Crippen molar-refractivity contribution in [3.8, 4) is 11.4 Å². The Labute approximate surface area is 214 Å². The van der Waals surface area contributed by atoms with Gasteiger partial charge in [0.25, 0.3) is 5.56 Å². The average Bonchev–Trinajstić information content (AvgIpc) is 3.29. The number of nitrogens with one attached hydrogen (secondary N) is 3. The second-order valence-electron chi connectivity index (χ2n) is 8.09. The molecule has 0 aliphatic heterocycles. The number of methoxy groups -OCH3 is 1. The van der Waals surface area contributed by atoms with E-state index in [1.54, 1.807) is 11.7 Å². The molecular formula is C26H22N6O4S. The summed E-state index contributed by atoms with van der Waals surface area (Å²) >= 11 is 1.22. The van der Waals surface area contributed by atoms with E-state index in [1.807, 2.05) is 66.7 Å². The first-order valence-corrected chi connectivity index (χ1v) is 12.3. The van der Waals surface area contributed by atoms with Gasteiger partial charge in [0.05, 0.1) is 18.6 Å². The standard InChI is InChI=1S/C26H22N6O4S/c1-36-19-9-5-8-18(14-19)32-22(12-17-13-23(33)29-25(35)27-17)30-31-26(32)37-15-24(34)28-21-11-4-7-16-6-2-3-10-20(16)21/h2-11,13-14H,12,15H2,1H3,(H,28,34)(H2,27,29,33,35). The van der Waals surface area contributed by atoms with Crippen molar-refractivity contribution < 1.29 is 9.53 Å². The van der Waals surface area contributed by atoms with Gasteiger partial charge in [-0.1, -0.05) is 54.2 Å². The number of H-pyrrole nitrogens is 2. The van der Waals surface area contributed by atoms with Gasteiger partial charge in [-0.3, -0.25) is 19.1 Å².